The van der Waals surface area contributed by atoms with E-state index in [1.807, 2.05) is 25.7 Å². The van der Waals surface area contributed by atoms with Crippen molar-refractivity contribution in [2.24, 2.45) is 34.5 Å². The van der Waals surface area contributed by atoms with Gasteiger partial charge in [-0.2, -0.15) is 0 Å². The van der Waals surface area contributed by atoms with E-state index in [1.165, 1.54) is 38.5 Å². The molecular formula is C22H36N2O2. The molecule has 0 radical (unpaired) electrons. The minimum Gasteiger partial charge on any atom is -0.355 e. The molecule has 0 unspecified atom stereocenters. The van der Waals surface area contributed by atoms with E-state index in [2.05, 4.69) is 5.32 Å². The predicted octanol–water partition coefficient (Wildman–Crippen LogP) is 3.60. The Balaban J connectivity index is 1.27. The van der Waals surface area contributed by atoms with Crippen LogP contribution >= 0.6 is 0 Å². The van der Waals surface area contributed by atoms with Gasteiger partial charge in [0.15, 0.2) is 0 Å². The number of nitrogens with one attached hydrogen (secondary N) is 1. The molecular weight excluding hydrogens is 324 g/mol. The number of amides is 2. The fourth-order valence-corrected chi connectivity index (χ4v) is 6.74. The average Bonchev–Trinajstić information content (AvgIpc) is 2.57. The summed E-state index contributed by atoms with van der Waals surface area (Å²) in [5.74, 6) is 3.35. The number of hydrogen-bond acceptors (Lipinski definition) is 2. The maximum Gasteiger partial charge on any atom is 0.227 e. The molecule has 0 atom stereocenters. The van der Waals surface area contributed by atoms with Crippen LogP contribution in [0.2, 0.25) is 0 Å². The molecule has 5 fully saturated rings. The Morgan fingerprint density at radius 1 is 0.962 bits per heavy atom. The van der Waals surface area contributed by atoms with Crippen molar-refractivity contribution < 1.29 is 9.59 Å². The monoisotopic (exact) mass is 360 g/mol. The molecule has 4 aliphatic carbocycles. The zero-order valence-electron chi connectivity index (χ0n) is 16.9. The largest absolute Gasteiger partial charge is 0.355 e. The second-order valence-electron chi connectivity index (χ2n) is 11.0. The van der Waals surface area contributed by atoms with Crippen molar-refractivity contribution in [2.45, 2.75) is 72.1 Å². The topological polar surface area (TPSA) is 49.4 Å². The maximum absolute atomic E-state index is 12.8. The van der Waals surface area contributed by atoms with E-state index >= 15 is 0 Å². The van der Waals surface area contributed by atoms with Gasteiger partial charge in [-0.15, -0.1) is 0 Å². The first-order valence-corrected chi connectivity index (χ1v) is 10.8. The molecule has 5 rings (SSSR count). The number of nitrogens with zero attached hydrogens (tertiary/aromatic N) is 1. The van der Waals surface area contributed by atoms with Crippen molar-refractivity contribution in [2.75, 3.05) is 19.6 Å². The van der Waals surface area contributed by atoms with Crippen LogP contribution in [-0.2, 0) is 9.59 Å². The lowest BCUT2D eigenvalue weighted by Crippen LogP contribution is -2.52. The molecule has 0 aromatic rings. The molecule has 4 nitrogen and oxygen atoms in total. The van der Waals surface area contributed by atoms with Crippen molar-refractivity contribution in [3.05, 3.63) is 0 Å². The van der Waals surface area contributed by atoms with Crippen LogP contribution in [0.25, 0.3) is 0 Å². The third kappa shape index (κ3) is 3.53. The van der Waals surface area contributed by atoms with E-state index in [0.29, 0.717) is 5.41 Å². The van der Waals surface area contributed by atoms with Gasteiger partial charge in [0.05, 0.1) is 0 Å². The molecule has 0 aromatic heterocycles. The van der Waals surface area contributed by atoms with E-state index in [-0.39, 0.29) is 23.1 Å². The Bertz CT molecular complexity index is 534. The zero-order valence-corrected chi connectivity index (χ0v) is 16.9. The summed E-state index contributed by atoms with van der Waals surface area (Å²) >= 11 is 0. The van der Waals surface area contributed by atoms with E-state index < -0.39 is 0 Å². The normalized spacial score (nSPS) is 37.0. The molecule has 5 aliphatic rings. The second kappa shape index (κ2) is 6.53. The number of hydrogen-bond donors (Lipinski definition) is 1. The molecule has 1 aliphatic heterocycles. The lowest BCUT2D eigenvalue weighted by Gasteiger charge is -2.57. The first-order valence-electron chi connectivity index (χ1n) is 10.8. The SMILES string of the molecule is CC(C)(C)C(=O)N1CCC(C(=O)NCC23CC4CC(CC(C4)C2)C3)CC1. The van der Waals surface area contributed by atoms with Crippen LogP contribution in [0.15, 0.2) is 0 Å². The van der Waals surface area contributed by atoms with Gasteiger partial charge in [0.2, 0.25) is 11.8 Å². The Hall–Kier alpha value is -1.06. The van der Waals surface area contributed by atoms with Gasteiger partial charge in [-0.3, -0.25) is 9.59 Å². The molecule has 4 saturated carbocycles. The molecule has 1 N–H and O–H groups in total. The summed E-state index contributed by atoms with van der Waals surface area (Å²) in [6, 6.07) is 0. The van der Waals surface area contributed by atoms with Gasteiger partial charge >= 0.3 is 0 Å². The molecule has 26 heavy (non-hydrogen) atoms. The summed E-state index contributed by atoms with van der Waals surface area (Å²) in [6.07, 6.45) is 10.0. The first kappa shape index (κ1) is 18.3. The highest BCUT2D eigenvalue weighted by molar-refractivity contribution is 5.82. The molecule has 0 spiro atoms. The van der Waals surface area contributed by atoms with Gasteiger partial charge in [-0.25, -0.2) is 0 Å². The Morgan fingerprint density at radius 2 is 1.46 bits per heavy atom. The molecule has 4 bridgehead atoms. The van der Waals surface area contributed by atoms with Gasteiger partial charge in [0.1, 0.15) is 0 Å². The van der Waals surface area contributed by atoms with Crippen molar-refractivity contribution in [3.8, 4) is 0 Å². The Labute approximate surface area is 158 Å². The molecule has 0 aromatic carbocycles. The number of carbonyl (C=O) groups is 2. The maximum atomic E-state index is 12.8. The molecule has 1 saturated heterocycles. The van der Waals surface area contributed by atoms with Crippen LogP contribution in [0.5, 0.6) is 0 Å². The standard InChI is InChI=1S/C22H36N2O2/c1-21(2,3)20(26)24-6-4-18(5-7-24)19(25)23-14-22-11-15-8-16(12-22)10-17(9-15)13-22/h15-18H,4-14H2,1-3H3,(H,23,25). The van der Waals surface area contributed by atoms with Crippen LogP contribution < -0.4 is 5.32 Å². The molecule has 4 heteroatoms. The molecule has 2 amide bonds. The highest BCUT2D eigenvalue weighted by Gasteiger charge is 2.50. The zero-order chi connectivity index (χ0) is 18.5. The summed E-state index contributed by atoms with van der Waals surface area (Å²) in [6.45, 7) is 8.27. The molecule has 1 heterocycles. The van der Waals surface area contributed by atoms with Crippen LogP contribution in [0.1, 0.15) is 72.1 Å². The van der Waals surface area contributed by atoms with Crippen molar-refractivity contribution in [1.29, 1.82) is 0 Å². The quantitative estimate of drug-likeness (QED) is 0.836. The number of rotatable bonds is 3. The smallest absolute Gasteiger partial charge is 0.227 e. The molecule has 146 valence electrons. The van der Waals surface area contributed by atoms with Crippen molar-refractivity contribution in [3.63, 3.8) is 0 Å². The summed E-state index contributed by atoms with van der Waals surface area (Å²) < 4.78 is 0. The minimum absolute atomic E-state index is 0.0907. The van der Waals surface area contributed by atoms with Crippen molar-refractivity contribution in [1.82, 2.24) is 10.2 Å². The van der Waals surface area contributed by atoms with Gasteiger partial charge in [-0.1, -0.05) is 20.8 Å². The fraction of sp³-hybridized carbons (Fsp3) is 0.909. The highest BCUT2D eigenvalue weighted by atomic mass is 16.2. The number of likely N-dealkylation sites (tertiary alicyclic amines) is 1. The summed E-state index contributed by atoms with van der Waals surface area (Å²) in [4.78, 5) is 27.1. The predicted molar refractivity (Wildman–Crippen MR) is 102 cm³/mol. The Kier molecular flexibility index (Phi) is 4.60. The van der Waals surface area contributed by atoms with Crippen LogP contribution in [0, 0.1) is 34.5 Å². The van der Waals surface area contributed by atoms with Gasteiger partial charge < -0.3 is 10.2 Å². The summed E-state index contributed by atoms with van der Waals surface area (Å²) in [5.41, 5.74) is 0.0842. The first-order chi connectivity index (χ1) is 12.2. The fourth-order valence-electron chi connectivity index (χ4n) is 6.74. The summed E-state index contributed by atoms with van der Waals surface area (Å²) in [5, 5.41) is 3.34. The van der Waals surface area contributed by atoms with E-state index in [1.54, 1.807) is 0 Å². The summed E-state index contributed by atoms with van der Waals surface area (Å²) in [7, 11) is 0. The van der Waals surface area contributed by atoms with Crippen LogP contribution in [0.3, 0.4) is 0 Å². The van der Waals surface area contributed by atoms with Crippen LogP contribution in [-0.4, -0.2) is 36.3 Å². The lowest BCUT2D eigenvalue weighted by atomic mass is 9.49. The number of piperidine rings is 1. The lowest BCUT2D eigenvalue weighted by molar-refractivity contribution is -0.142. The van der Waals surface area contributed by atoms with Gasteiger partial charge in [0.25, 0.3) is 0 Å². The van der Waals surface area contributed by atoms with E-state index in [9.17, 15) is 9.59 Å². The van der Waals surface area contributed by atoms with Gasteiger partial charge in [-0.05, 0) is 74.5 Å². The number of carbonyl (C=O) groups excluding carboxylic acids is 2. The third-order valence-electron chi connectivity index (χ3n) is 7.60. The van der Waals surface area contributed by atoms with Crippen LogP contribution in [0.4, 0.5) is 0 Å². The minimum atomic E-state index is -0.326. The van der Waals surface area contributed by atoms with Crippen molar-refractivity contribution >= 4 is 11.8 Å². The highest BCUT2D eigenvalue weighted by Crippen LogP contribution is 2.59. The Morgan fingerprint density at radius 3 is 1.92 bits per heavy atom. The van der Waals surface area contributed by atoms with E-state index in [4.69, 9.17) is 0 Å². The third-order valence-corrected chi connectivity index (χ3v) is 7.60. The van der Waals surface area contributed by atoms with Gasteiger partial charge in [0, 0.05) is 31.0 Å². The second-order valence-corrected chi connectivity index (χ2v) is 11.0. The average molecular weight is 361 g/mol. The van der Waals surface area contributed by atoms with E-state index in [0.717, 1.165) is 50.2 Å².